The van der Waals surface area contributed by atoms with Gasteiger partial charge in [0.1, 0.15) is 0 Å². The number of carbonyl (C=O) groups is 1. The number of aromatic nitrogens is 1. The molecule has 1 heterocycles. The molecule has 3 nitrogen and oxygen atoms in total. The minimum absolute atomic E-state index is 0.106. The van der Waals surface area contributed by atoms with E-state index < -0.39 is 5.97 Å². The maximum absolute atomic E-state index is 11.1. The number of nitrogens with zero attached hydrogens (tertiary/aromatic N) is 1. The smallest absolute Gasteiger partial charge is 0.307 e. The van der Waals surface area contributed by atoms with Crippen molar-refractivity contribution in [3.63, 3.8) is 0 Å². The molecule has 0 spiro atoms. The summed E-state index contributed by atoms with van der Waals surface area (Å²) in [7, 11) is 0. The van der Waals surface area contributed by atoms with E-state index in [9.17, 15) is 4.79 Å². The normalized spacial score (nSPS) is 13.7. The zero-order valence-corrected chi connectivity index (χ0v) is 11.1. The van der Waals surface area contributed by atoms with Crippen molar-refractivity contribution < 1.29 is 9.90 Å². The van der Waals surface area contributed by atoms with Crippen LogP contribution in [0.15, 0.2) is 18.2 Å². The summed E-state index contributed by atoms with van der Waals surface area (Å²) in [5, 5.41) is 10.2. The molecule has 0 unspecified atom stereocenters. The van der Waals surface area contributed by atoms with Gasteiger partial charge in [-0.1, -0.05) is 25.1 Å². The van der Waals surface area contributed by atoms with E-state index >= 15 is 0 Å². The lowest BCUT2D eigenvalue weighted by molar-refractivity contribution is -0.136. The maximum Gasteiger partial charge on any atom is 0.307 e. The highest BCUT2D eigenvalue weighted by atomic mass is 16.4. The molecule has 0 atom stereocenters. The molecule has 0 saturated heterocycles. The number of para-hydroxylation sites is 1. The van der Waals surface area contributed by atoms with Gasteiger partial charge in [0, 0.05) is 11.1 Å². The molecule has 0 saturated carbocycles. The van der Waals surface area contributed by atoms with Crippen LogP contribution in [0.5, 0.6) is 0 Å². The van der Waals surface area contributed by atoms with Crippen molar-refractivity contribution >= 4 is 16.9 Å². The maximum atomic E-state index is 11.1. The Morgan fingerprint density at radius 3 is 2.95 bits per heavy atom. The molecule has 1 aromatic carbocycles. The Morgan fingerprint density at radius 1 is 1.37 bits per heavy atom. The molecule has 19 heavy (non-hydrogen) atoms. The van der Waals surface area contributed by atoms with Gasteiger partial charge < -0.3 is 5.11 Å². The van der Waals surface area contributed by atoms with Crippen LogP contribution in [0.25, 0.3) is 10.9 Å². The van der Waals surface area contributed by atoms with Crippen LogP contribution in [0, 0.1) is 0 Å². The second-order valence-electron chi connectivity index (χ2n) is 5.11. The van der Waals surface area contributed by atoms with Crippen molar-refractivity contribution in [3.8, 4) is 0 Å². The standard InChI is InChI=1S/C16H17NO2/c1-2-10-5-3-7-12-13(9-15(18)19)11-6-4-8-14(11)17-16(10)12/h3,5,7H,2,4,6,8-9H2,1H3,(H,18,19). The van der Waals surface area contributed by atoms with E-state index in [0.717, 1.165) is 47.8 Å². The van der Waals surface area contributed by atoms with Gasteiger partial charge in [-0.3, -0.25) is 9.78 Å². The lowest BCUT2D eigenvalue weighted by Gasteiger charge is -2.13. The van der Waals surface area contributed by atoms with E-state index in [1.165, 1.54) is 11.1 Å². The average Bonchev–Trinajstić information content (AvgIpc) is 2.85. The molecule has 1 aliphatic rings. The third-order valence-electron chi connectivity index (χ3n) is 3.95. The Bertz CT molecular complexity index is 661. The largest absolute Gasteiger partial charge is 0.481 e. The molecular weight excluding hydrogens is 238 g/mol. The molecule has 98 valence electrons. The summed E-state index contributed by atoms with van der Waals surface area (Å²) in [4.78, 5) is 15.9. The number of rotatable bonds is 3. The van der Waals surface area contributed by atoms with E-state index in [2.05, 4.69) is 13.0 Å². The van der Waals surface area contributed by atoms with Gasteiger partial charge in [-0.15, -0.1) is 0 Å². The molecule has 0 fully saturated rings. The van der Waals surface area contributed by atoms with Gasteiger partial charge in [-0.2, -0.15) is 0 Å². The topological polar surface area (TPSA) is 50.2 Å². The van der Waals surface area contributed by atoms with Crippen LogP contribution < -0.4 is 0 Å². The highest BCUT2D eigenvalue weighted by Gasteiger charge is 2.21. The molecule has 0 aliphatic heterocycles. The third-order valence-corrected chi connectivity index (χ3v) is 3.95. The number of carboxylic acid groups (broad SMARTS) is 1. The first-order chi connectivity index (χ1) is 9.20. The van der Waals surface area contributed by atoms with Gasteiger partial charge in [0.05, 0.1) is 11.9 Å². The Hall–Kier alpha value is -1.90. The highest BCUT2D eigenvalue weighted by molar-refractivity contribution is 5.89. The van der Waals surface area contributed by atoms with Crippen LogP contribution in [-0.2, 0) is 30.5 Å². The number of hydrogen-bond acceptors (Lipinski definition) is 2. The second kappa shape index (κ2) is 4.65. The third kappa shape index (κ3) is 1.99. The fourth-order valence-electron chi connectivity index (χ4n) is 3.08. The van der Waals surface area contributed by atoms with E-state index in [4.69, 9.17) is 10.1 Å². The van der Waals surface area contributed by atoms with Gasteiger partial charge in [0.2, 0.25) is 0 Å². The van der Waals surface area contributed by atoms with Crippen LogP contribution >= 0.6 is 0 Å². The van der Waals surface area contributed by atoms with Crippen molar-refractivity contribution in [2.24, 2.45) is 0 Å². The molecule has 0 radical (unpaired) electrons. The zero-order valence-electron chi connectivity index (χ0n) is 11.1. The van der Waals surface area contributed by atoms with Gasteiger partial charge in [0.25, 0.3) is 0 Å². The molecule has 1 aromatic heterocycles. The van der Waals surface area contributed by atoms with Crippen LogP contribution in [0.3, 0.4) is 0 Å². The van der Waals surface area contributed by atoms with E-state index in [1.807, 2.05) is 12.1 Å². The predicted molar refractivity (Wildman–Crippen MR) is 74.5 cm³/mol. The van der Waals surface area contributed by atoms with Crippen LogP contribution in [0.4, 0.5) is 0 Å². The summed E-state index contributed by atoms with van der Waals surface area (Å²) in [6, 6.07) is 6.11. The first kappa shape index (κ1) is 12.2. The lowest BCUT2D eigenvalue weighted by atomic mass is 9.96. The number of carboxylic acids is 1. The SMILES string of the molecule is CCc1cccc2c(CC(=O)O)c3c(nc12)CCC3. The Morgan fingerprint density at radius 2 is 2.21 bits per heavy atom. The zero-order chi connectivity index (χ0) is 13.4. The molecular formula is C16H17NO2. The number of fused-ring (bicyclic) bond motifs is 2. The summed E-state index contributed by atoms with van der Waals surface area (Å²) in [5.41, 5.74) is 5.49. The number of pyridine rings is 1. The highest BCUT2D eigenvalue weighted by Crippen LogP contribution is 2.31. The minimum atomic E-state index is -0.761. The van der Waals surface area contributed by atoms with Gasteiger partial charge in [0.15, 0.2) is 0 Å². The number of hydrogen-bond donors (Lipinski definition) is 1. The first-order valence-electron chi connectivity index (χ1n) is 6.84. The van der Waals surface area contributed by atoms with Crippen LogP contribution in [-0.4, -0.2) is 16.1 Å². The van der Waals surface area contributed by atoms with Crippen LogP contribution in [0.1, 0.15) is 35.7 Å². The Balaban J connectivity index is 2.33. The molecule has 1 aliphatic carbocycles. The molecule has 0 amide bonds. The van der Waals surface area contributed by atoms with Gasteiger partial charge in [-0.05, 0) is 42.4 Å². The molecule has 3 rings (SSSR count). The van der Waals surface area contributed by atoms with E-state index in [0.29, 0.717) is 0 Å². The molecule has 2 aromatic rings. The summed E-state index contributed by atoms with van der Waals surface area (Å²) in [6.07, 6.45) is 4.07. The molecule has 0 bridgehead atoms. The van der Waals surface area contributed by atoms with Crippen LogP contribution in [0.2, 0.25) is 0 Å². The van der Waals surface area contributed by atoms with Crippen molar-refractivity contribution in [3.05, 3.63) is 40.6 Å². The summed E-state index contributed by atoms with van der Waals surface area (Å²) in [6.45, 7) is 2.11. The first-order valence-corrected chi connectivity index (χ1v) is 6.84. The molecule has 3 heteroatoms. The van der Waals surface area contributed by atoms with Crippen molar-refractivity contribution in [2.75, 3.05) is 0 Å². The van der Waals surface area contributed by atoms with Crippen molar-refractivity contribution in [2.45, 2.75) is 39.0 Å². The summed E-state index contributed by atoms with van der Waals surface area (Å²) >= 11 is 0. The predicted octanol–water partition coefficient (Wildman–Crippen LogP) is 2.91. The second-order valence-corrected chi connectivity index (χ2v) is 5.11. The van der Waals surface area contributed by atoms with Gasteiger partial charge in [-0.25, -0.2) is 0 Å². The monoisotopic (exact) mass is 255 g/mol. The van der Waals surface area contributed by atoms with E-state index in [1.54, 1.807) is 0 Å². The number of benzene rings is 1. The number of aryl methyl sites for hydroxylation is 2. The average molecular weight is 255 g/mol. The fraction of sp³-hybridized carbons (Fsp3) is 0.375. The summed E-state index contributed by atoms with van der Waals surface area (Å²) in [5.74, 6) is -0.761. The van der Waals surface area contributed by atoms with Crippen molar-refractivity contribution in [1.82, 2.24) is 4.98 Å². The van der Waals surface area contributed by atoms with Gasteiger partial charge >= 0.3 is 5.97 Å². The number of aliphatic carboxylic acids is 1. The summed E-state index contributed by atoms with van der Waals surface area (Å²) < 4.78 is 0. The van der Waals surface area contributed by atoms with E-state index in [-0.39, 0.29) is 6.42 Å². The Kier molecular flexibility index (Phi) is 2.97. The minimum Gasteiger partial charge on any atom is -0.481 e. The quantitative estimate of drug-likeness (QED) is 0.917. The molecule has 1 N–H and O–H groups in total. The van der Waals surface area contributed by atoms with Crippen molar-refractivity contribution in [1.29, 1.82) is 0 Å². The fourth-order valence-corrected chi connectivity index (χ4v) is 3.08. The Labute approximate surface area is 112 Å². The lowest BCUT2D eigenvalue weighted by Crippen LogP contribution is -2.06.